The molecule has 0 saturated carbocycles. The molecule has 0 aliphatic carbocycles. The minimum Gasteiger partial charge on any atom is -0.381 e. The molecule has 4 heterocycles. The highest BCUT2D eigenvalue weighted by atomic mass is 16.5. The molecule has 0 N–H and O–H groups in total. The number of hydrogen-bond donors (Lipinski definition) is 0. The van der Waals surface area contributed by atoms with Crippen molar-refractivity contribution in [1.29, 1.82) is 0 Å². The van der Waals surface area contributed by atoms with E-state index in [0.717, 1.165) is 57.9 Å². The Morgan fingerprint density at radius 3 is 2.39 bits per heavy atom. The van der Waals surface area contributed by atoms with Gasteiger partial charge >= 0.3 is 6.03 Å². The van der Waals surface area contributed by atoms with Gasteiger partial charge in [-0.1, -0.05) is 5.16 Å². The minimum absolute atomic E-state index is 0.134. The number of carbonyl (C=O) groups excluding carboxylic acids is 1. The van der Waals surface area contributed by atoms with Crippen LogP contribution in [0.4, 0.5) is 4.79 Å². The number of rotatable bonds is 5. The van der Waals surface area contributed by atoms with Gasteiger partial charge in [0, 0.05) is 51.7 Å². The van der Waals surface area contributed by atoms with Crippen molar-refractivity contribution in [2.24, 2.45) is 0 Å². The summed E-state index contributed by atoms with van der Waals surface area (Å²) < 4.78 is 22.1. The van der Waals surface area contributed by atoms with Crippen LogP contribution in [0.1, 0.15) is 43.3 Å². The molecule has 2 amide bonds. The molecule has 4 rings (SSSR count). The van der Waals surface area contributed by atoms with E-state index in [1.54, 1.807) is 0 Å². The van der Waals surface area contributed by atoms with Gasteiger partial charge in [0.1, 0.15) is 0 Å². The molecule has 1 aromatic heterocycles. The lowest BCUT2D eigenvalue weighted by atomic mass is 10.0. The Hall–Kier alpha value is -1.71. The molecule has 1 aromatic rings. The fourth-order valence-electron chi connectivity index (χ4n) is 3.96. The van der Waals surface area contributed by atoms with Gasteiger partial charge in [0.05, 0.1) is 25.9 Å². The topological polar surface area (TPSA) is 90.2 Å². The Balaban J connectivity index is 1.15. The molecule has 0 bridgehead atoms. The summed E-state index contributed by atoms with van der Waals surface area (Å²) >= 11 is 0. The lowest BCUT2D eigenvalue weighted by molar-refractivity contribution is 0.00527. The molecule has 0 atom stereocenters. The van der Waals surface area contributed by atoms with Crippen LogP contribution in [0, 0.1) is 0 Å². The number of hydrogen-bond acceptors (Lipinski definition) is 7. The third-order valence-corrected chi connectivity index (χ3v) is 5.73. The predicted molar refractivity (Wildman–Crippen MR) is 99.1 cm³/mol. The van der Waals surface area contributed by atoms with Gasteiger partial charge in [-0.2, -0.15) is 4.98 Å². The maximum Gasteiger partial charge on any atom is 0.320 e. The molecule has 0 radical (unpaired) electrons. The van der Waals surface area contributed by atoms with E-state index in [4.69, 9.17) is 18.7 Å². The zero-order valence-corrected chi connectivity index (χ0v) is 16.4. The highest BCUT2D eigenvalue weighted by molar-refractivity contribution is 5.74. The van der Waals surface area contributed by atoms with E-state index in [2.05, 4.69) is 10.1 Å². The van der Waals surface area contributed by atoms with E-state index in [-0.39, 0.29) is 12.1 Å². The Kier molecular flexibility index (Phi) is 6.77. The van der Waals surface area contributed by atoms with Crippen LogP contribution in [0.15, 0.2) is 4.52 Å². The van der Waals surface area contributed by atoms with E-state index in [1.165, 1.54) is 0 Å². The molecule has 28 heavy (non-hydrogen) atoms. The van der Waals surface area contributed by atoms with Crippen LogP contribution in [0.5, 0.6) is 0 Å². The lowest BCUT2D eigenvalue weighted by Gasteiger charge is -2.37. The lowest BCUT2D eigenvalue weighted by Crippen LogP contribution is -2.51. The summed E-state index contributed by atoms with van der Waals surface area (Å²) in [5, 5.41) is 4.09. The molecule has 3 saturated heterocycles. The number of nitrogens with zero attached hydrogens (tertiary/aromatic N) is 4. The SMILES string of the molecule is O=C(N1CCOCC1)N1CCC(OCCc2noc(C3CCOCC3)n2)CC1. The summed E-state index contributed by atoms with van der Waals surface area (Å²) in [6, 6.07) is 0.134. The number of likely N-dealkylation sites (tertiary alicyclic amines) is 1. The van der Waals surface area contributed by atoms with Crippen molar-refractivity contribution in [3.05, 3.63) is 11.7 Å². The van der Waals surface area contributed by atoms with E-state index in [1.807, 2.05) is 9.80 Å². The van der Waals surface area contributed by atoms with Crippen LogP contribution in [-0.4, -0.2) is 91.3 Å². The molecule has 0 unspecified atom stereocenters. The van der Waals surface area contributed by atoms with Gasteiger partial charge in [-0.15, -0.1) is 0 Å². The van der Waals surface area contributed by atoms with Gasteiger partial charge in [0.25, 0.3) is 0 Å². The largest absolute Gasteiger partial charge is 0.381 e. The van der Waals surface area contributed by atoms with Gasteiger partial charge in [-0.25, -0.2) is 4.79 Å². The van der Waals surface area contributed by atoms with Crippen molar-refractivity contribution in [2.75, 3.05) is 59.2 Å². The summed E-state index contributed by atoms with van der Waals surface area (Å²) in [4.78, 5) is 20.9. The van der Waals surface area contributed by atoms with E-state index < -0.39 is 0 Å². The highest BCUT2D eigenvalue weighted by Gasteiger charge is 2.28. The predicted octanol–water partition coefficient (Wildman–Crippen LogP) is 1.44. The van der Waals surface area contributed by atoms with E-state index in [9.17, 15) is 4.79 Å². The summed E-state index contributed by atoms with van der Waals surface area (Å²) in [6.45, 7) is 6.25. The van der Waals surface area contributed by atoms with Crippen LogP contribution in [0.3, 0.4) is 0 Å². The second-order valence-electron chi connectivity index (χ2n) is 7.62. The fraction of sp³-hybridized carbons (Fsp3) is 0.842. The maximum absolute atomic E-state index is 12.5. The summed E-state index contributed by atoms with van der Waals surface area (Å²) in [5.74, 6) is 1.76. The van der Waals surface area contributed by atoms with Gasteiger partial charge < -0.3 is 28.5 Å². The molecule has 9 heteroatoms. The summed E-state index contributed by atoms with van der Waals surface area (Å²) in [7, 11) is 0. The fourth-order valence-corrected chi connectivity index (χ4v) is 3.96. The average molecular weight is 394 g/mol. The molecule has 3 fully saturated rings. The van der Waals surface area contributed by atoms with Gasteiger partial charge in [0.15, 0.2) is 5.82 Å². The number of aromatic nitrogens is 2. The second kappa shape index (κ2) is 9.67. The quantitative estimate of drug-likeness (QED) is 0.746. The standard InChI is InChI=1S/C19H30N4O5/c24-19(23-8-13-26-14-9-23)22-6-1-16(2-7-22)27-12-5-17-20-18(28-21-17)15-3-10-25-11-4-15/h15-16H,1-14H2. The summed E-state index contributed by atoms with van der Waals surface area (Å²) in [5.41, 5.74) is 0. The first-order valence-electron chi connectivity index (χ1n) is 10.4. The van der Waals surface area contributed by atoms with Crippen molar-refractivity contribution in [1.82, 2.24) is 19.9 Å². The highest BCUT2D eigenvalue weighted by Crippen LogP contribution is 2.25. The molecule has 3 aliphatic heterocycles. The molecule has 3 aliphatic rings. The van der Waals surface area contributed by atoms with E-state index >= 15 is 0 Å². The third kappa shape index (κ3) is 5.01. The molecular weight excluding hydrogens is 364 g/mol. The number of ether oxygens (including phenoxy) is 3. The number of urea groups is 1. The molecule has 0 spiro atoms. The van der Waals surface area contributed by atoms with Crippen LogP contribution >= 0.6 is 0 Å². The van der Waals surface area contributed by atoms with Crippen LogP contribution in [-0.2, 0) is 20.6 Å². The third-order valence-electron chi connectivity index (χ3n) is 5.73. The first kappa shape index (κ1) is 19.6. The van der Waals surface area contributed by atoms with Crippen molar-refractivity contribution in [3.63, 3.8) is 0 Å². The number of morpholine rings is 1. The Bertz CT molecular complexity index is 620. The van der Waals surface area contributed by atoms with Crippen LogP contribution in [0.2, 0.25) is 0 Å². The molecular formula is C19H30N4O5. The zero-order chi connectivity index (χ0) is 19.2. The number of carbonyl (C=O) groups is 1. The van der Waals surface area contributed by atoms with Crippen molar-refractivity contribution in [2.45, 2.75) is 44.1 Å². The monoisotopic (exact) mass is 394 g/mol. The zero-order valence-electron chi connectivity index (χ0n) is 16.4. The first-order chi connectivity index (χ1) is 13.8. The van der Waals surface area contributed by atoms with Gasteiger partial charge in [-0.3, -0.25) is 0 Å². The smallest absolute Gasteiger partial charge is 0.320 e. The van der Waals surface area contributed by atoms with Crippen molar-refractivity contribution in [3.8, 4) is 0 Å². The normalized spacial score (nSPS) is 22.6. The number of amides is 2. The Morgan fingerprint density at radius 1 is 0.964 bits per heavy atom. The van der Waals surface area contributed by atoms with Crippen molar-refractivity contribution >= 4 is 6.03 Å². The first-order valence-corrected chi connectivity index (χ1v) is 10.4. The van der Waals surface area contributed by atoms with Crippen molar-refractivity contribution < 1.29 is 23.5 Å². The minimum atomic E-state index is 0.134. The summed E-state index contributed by atoms with van der Waals surface area (Å²) in [6.07, 6.45) is 4.47. The molecule has 0 aromatic carbocycles. The Labute approximate surface area is 165 Å². The van der Waals surface area contributed by atoms with E-state index in [0.29, 0.717) is 51.1 Å². The molecule has 156 valence electrons. The molecule has 9 nitrogen and oxygen atoms in total. The van der Waals surface area contributed by atoms with Gasteiger partial charge in [0.2, 0.25) is 5.89 Å². The average Bonchev–Trinajstić information content (AvgIpc) is 3.24. The van der Waals surface area contributed by atoms with Crippen LogP contribution < -0.4 is 0 Å². The number of piperidine rings is 1. The maximum atomic E-state index is 12.5. The van der Waals surface area contributed by atoms with Gasteiger partial charge in [-0.05, 0) is 25.7 Å². The second-order valence-corrected chi connectivity index (χ2v) is 7.62. The Morgan fingerprint density at radius 2 is 1.64 bits per heavy atom. The van der Waals surface area contributed by atoms with Crippen LogP contribution in [0.25, 0.3) is 0 Å².